The molecule has 2 aliphatic rings. The van der Waals surface area contributed by atoms with E-state index >= 15 is 0 Å². The van der Waals surface area contributed by atoms with Gasteiger partial charge in [0.05, 0.1) is 17.3 Å². The van der Waals surface area contributed by atoms with Crippen LogP contribution in [0.25, 0.3) is 11.3 Å². The summed E-state index contributed by atoms with van der Waals surface area (Å²) in [6.45, 7) is 8.10. The lowest BCUT2D eigenvalue weighted by Crippen LogP contribution is -2.24. The average molecular weight is 399 g/mol. The molecular formula is C21H23ClN4O2. The molecule has 0 aromatic carbocycles. The Labute approximate surface area is 169 Å². The third-order valence-corrected chi connectivity index (χ3v) is 4.87. The summed E-state index contributed by atoms with van der Waals surface area (Å²) in [5.41, 5.74) is 3.55. The topological polar surface area (TPSA) is 76.0 Å². The molecule has 1 saturated heterocycles. The van der Waals surface area contributed by atoms with Crippen LogP contribution >= 0.6 is 11.6 Å². The highest BCUT2D eigenvalue weighted by molar-refractivity contribution is 6.18. The second kappa shape index (κ2) is 8.89. The zero-order chi connectivity index (χ0) is 20.1. The second-order valence-corrected chi connectivity index (χ2v) is 7.09. The van der Waals surface area contributed by atoms with Gasteiger partial charge in [-0.1, -0.05) is 43.0 Å². The van der Waals surface area contributed by atoms with E-state index in [0.717, 1.165) is 24.1 Å². The monoisotopic (exact) mass is 398 g/mol. The van der Waals surface area contributed by atoms with Gasteiger partial charge in [0.25, 0.3) is 0 Å². The molecule has 7 heteroatoms. The van der Waals surface area contributed by atoms with Gasteiger partial charge in [0.15, 0.2) is 5.82 Å². The summed E-state index contributed by atoms with van der Waals surface area (Å²) in [7, 11) is 0. The third kappa shape index (κ3) is 4.51. The number of amides is 2. The molecule has 1 fully saturated rings. The van der Waals surface area contributed by atoms with Crippen LogP contribution in [-0.2, 0) is 9.59 Å². The maximum Gasteiger partial charge on any atom is 0.230 e. The Bertz CT molecular complexity index is 908. The fourth-order valence-corrected chi connectivity index (χ4v) is 3.39. The van der Waals surface area contributed by atoms with Crippen LogP contribution in [0, 0.1) is 5.92 Å². The Hall–Kier alpha value is -2.86. The summed E-state index contributed by atoms with van der Waals surface area (Å²) in [6.07, 6.45) is 11.6. The van der Waals surface area contributed by atoms with Crippen molar-refractivity contribution in [1.82, 2.24) is 15.1 Å². The van der Waals surface area contributed by atoms with Gasteiger partial charge in [0.1, 0.15) is 0 Å². The number of allylic oxidation sites excluding steroid dienone is 8. The zero-order valence-corrected chi connectivity index (χ0v) is 16.3. The van der Waals surface area contributed by atoms with Crippen molar-refractivity contribution in [2.45, 2.75) is 19.3 Å². The van der Waals surface area contributed by atoms with Crippen molar-refractivity contribution in [3.8, 4) is 0 Å². The summed E-state index contributed by atoms with van der Waals surface area (Å²) in [6, 6.07) is 1.80. The summed E-state index contributed by atoms with van der Waals surface area (Å²) in [5.74, 6) is 0.231. The molecule has 28 heavy (non-hydrogen) atoms. The minimum absolute atomic E-state index is 0.112. The Morgan fingerprint density at radius 3 is 3.00 bits per heavy atom. The maximum atomic E-state index is 12.4. The van der Waals surface area contributed by atoms with Crippen molar-refractivity contribution in [2.75, 3.05) is 17.7 Å². The molecule has 0 bridgehead atoms. The Morgan fingerprint density at radius 2 is 2.32 bits per heavy atom. The van der Waals surface area contributed by atoms with Crippen LogP contribution in [-0.4, -0.2) is 34.0 Å². The SMILES string of the molecule is C=CC(=C)n1nc(NC(=O)[C@@H]2CNC(=O)C2)cc1C1=CC=CCC(CCCl)=C1. The highest BCUT2D eigenvalue weighted by Crippen LogP contribution is 2.28. The van der Waals surface area contributed by atoms with Gasteiger partial charge < -0.3 is 10.6 Å². The van der Waals surface area contributed by atoms with Crippen molar-refractivity contribution in [3.63, 3.8) is 0 Å². The molecular weight excluding hydrogens is 376 g/mol. The van der Waals surface area contributed by atoms with E-state index in [0.29, 0.717) is 23.9 Å². The van der Waals surface area contributed by atoms with Gasteiger partial charge in [0.2, 0.25) is 11.8 Å². The second-order valence-electron chi connectivity index (χ2n) is 6.71. The lowest BCUT2D eigenvalue weighted by molar-refractivity contribution is -0.123. The van der Waals surface area contributed by atoms with E-state index in [1.165, 1.54) is 5.57 Å². The van der Waals surface area contributed by atoms with Crippen LogP contribution in [0.4, 0.5) is 5.82 Å². The van der Waals surface area contributed by atoms with Crippen molar-refractivity contribution < 1.29 is 9.59 Å². The highest BCUT2D eigenvalue weighted by Gasteiger charge is 2.28. The molecule has 146 valence electrons. The molecule has 2 N–H and O–H groups in total. The molecule has 6 nitrogen and oxygen atoms in total. The smallest absolute Gasteiger partial charge is 0.230 e. The van der Waals surface area contributed by atoms with E-state index in [-0.39, 0.29) is 24.2 Å². The van der Waals surface area contributed by atoms with Crippen LogP contribution in [0.3, 0.4) is 0 Å². The zero-order valence-electron chi connectivity index (χ0n) is 15.6. The summed E-state index contributed by atoms with van der Waals surface area (Å²) < 4.78 is 1.65. The molecule has 2 amide bonds. The minimum Gasteiger partial charge on any atom is -0.355 e. The molecule has 1 atom stereocenters. The van der Waals surface area contributed by atoms with Crippen LogP contribution in [0.1, 0.15) is 25.0 Å². The maximum absolute atomic E-state index is 12.4. The molecule has 1 aromatic rings. The molecule has 2 heterocycles. The third-order valence-electron chi connectivity index (χ3n) is 4.68. The predicted molar refractivity (Wildman–Crippen MR) is 113 cm³/mol. The standard InChI is InChI=1S/C21H23ClN4O2/c1-3-14(2)26-18(16-7-5-4-6-15(10-16)8-9-22)12-19(25-26)24-21(28)17-11-20(27)23-13-17/h3-5,7,10,12,17H,1-2,6,8-9,11,13H2,(H,23,27)(H,24,25,28)/t17-/m0/s1. The Morgan fingerprint density at radius 1 is 1.50 bits per heavy atom. The number of alkyl halides is 1. The number of anilines is 1. The summed E-state index contributed by atoms with van der Waals surface area (Å²) in [5, 5.41) is 9.95. The number of aromatic nitrogens is 2. The first-order chi connectivity index (χ1) is 13.5. The first kappa shape index (κ1) is 19.9. The van der Waals surface area contributed by atoms with Gasteiger partial charge in [0, 0.05) is 30.5 Å². The van der Waals surface area contributed by atoms with Crippen LogP contribution in [0.15, 0.2) is 55.2 Å². The van der Waals surface area contributed by atoms with Gasteiger partial charge in [-0.15, -0.1) is 16.7 Å². The van der Waals surface area contributed by atoms with E-state index in [9.17, 15) is 9.59 Å². The summed E-state index contributed by atoms with van der Waals surface area (Å²) >= 11 is 5.91. The first-order valence-corrected chi connectivity index (χ1v) is 9.67. The van der Waals surface area contributed by atoms with Crippen molar-refractivity contribution in [2.24, 2.45) is 5.92 Å². The molecule has 0 radical (unpaired) electrons. The Balaban J connectivity index is 1.91. The van der Waals surface area contributed by atoms with Crippen LogP contribution in [0.5, 0.6) is 0 Å². The number of hydrogen-bond donors (Lipinski definition) is 2. The van der Waals surface area contributed by atoms with Gasteiger partial charge in [-0.2, -0.15) is 0 Å². The van der Waals surface area contributed by atoms with Gasteiger partial charge >= 0.3 is 0 Å². The van der Waals surface area contributed by atoms with Crippen LogP contribution < -0.4 is 10.6 Å². The molecule has 1 aliphatic heterocycles. The largest absolute Gasteiger partial charge is 0.355 e. The van der Waals surface area contributed by atoms with Gasteiger partial charge in [-0.3, -0.25) is 9.59 Å². The van der Waals surface area contributed by atoms with Crippen LogP contribution in [0.2, 0.25) is 0 Å². The van der Waals surface area contributed by atoms with E-state index in [2.05, 4.69) is 41.0 Å². The van der Waals surface area contributed by atoms with Crippen molar-refractivity contribution in [3.05, 3.63) is 60.9 Å². The number of nitrogens with one attached hydrogen (secondary N) is 2. The molecule has 0 spiro atoms. The van der Waals surface area contributed by atoms with E-state index in [1.54, 1.807) is 16.8 Å². The lowest BCUT2D eigenvalue weighted by atomic mass is 10.1. The van der Waals surface area contributed by atoms with Crippen molar-refractivity contribution >= 4 is 40.5 Å². The quantitative estimate of drug-likeness (QED) is 0.545. The number of nitrogens with zero attached hydrogens (tertiary/aromatic N) is 2. The molecule has 0 saturated carbocycles. The Kier molecular flexibility index (Phi) is 6.31. The van der Waals surface area contributed by atoms with E-state index in [4.69, 9.17) is 11.6 Å². The number of rotatable bonds is 7. The molecule has 1 aromatic heterocycles. The number of carbonyl (C=O) groups is 2. The molecule has 3 rings (SSSR count). The van der Waals surface area contributed by atoms with Gasteiger partial charge in [-0.25, -0.2) is 4.68 Å². The fourth-order valence-electron chi connectivity index (χ4n) is 3.15. The van der Waals surface area contributed by atoms with Gasteiger partial charge in [-0.05, 0) is 18.9 Å². The molecule has 0 unspecified atom stereocenters. The first-order valence-electron chi connectivity index (χ1n) is 9.13. The number of carbonyl (C=O) groups excluding carboxylic acids is 2. The fraction of sp³-hybridized carbons (Fsp3) is 0.286. The van der Waals surface area contributed by atoms with E-state index < -0.39 is 0 Å². The average Bonchev–Trinajstić information content (AvgIpc) is 3.22. The number of hydrogen-bond acceptors (Lipinski definition) is 3. The number of halogens is 1. The van der Waals surface area contributed by atoms with Crippen molar-refractivity contribution in [1.29, 1.82) is 0 Å². The molecule has 1 aliphatic carbocycles. The highest BCUT2D eigenvalue weighted by atomic mass is 35.5. The van der Waals surface area contributed by atoms with E-state index in [1.807, 2.05) is 12.2 Å². The summed E-state index contributed by atoms with van der Waals surface area (Å²) in [4.78, 5) is 23.8. The lowest BCUT2D eigenvalue weighted by Gasteiger charge is -2.08. The predicted octanol–water partition coefficient (Wildman–Crippen LogP) is 3.51. The normalized spacial score (nSPS) is 18.8. The minimum atomic E-state index is -0.390.